The highest BCUT2D eigenvalue weighted by atomic mass is 79.9. The second-order valence-electron chi connectivity index (χ2n) is 4.05. The van der Waals surface area contributed by atoms with Gasteiger partial charge in [0.1, 0.15) is 0 Å². The van der Waals surface area contributed by atoms with E-state index in [0.29, 0.717) is 0 Å². The lowest BCUT2D eigenvalue weighted by atomic mass is 10.4. The van der Waals surface area contributed by atoms with Gasteiger partial charge in [0.15, 0.2) is 11.5 Å². The molecule has 1 aliphatic heterocycles. The van der Waals surface area contributed by atoms with Crippen LogP contribution in [0.25, 0.3) is 5.65 Å². The van der Waals surface area contributed by atoms with Crippen LogP contribution in [0.4, 0.5) is 0 Å². The summed E-state index contributed by atoms with van der Waals surface area (Å²) in [6, 6.07) is 5.92. The summed E-state index contributed by atoms with van der Waals surface area (Å²) < 4.78 is 8.36. The molecule has 5 nitrogen and oxygen atoms in total. The van der Waals surface area contributed by atoms with Crippen LogP contribution in [0.15, 0.2) is 22.8 Å². The van der Waals surface area contributed by atoms with Crippen LogP contribution in [0.3, 0.4) is 0 Å². The fraction of sp³-hybridized carbons (Fsp3) is 0.455. The lowest BCUT2D eigenvalue weighted by Crippen LogP contribution is -2.36. The van der Waals surface area contributed by atoms with Crippen molar-refractivity contribution in [2.75, 3.05) is 26.3 Å². The standard InChI is InChI=1S/C11H13BrN4O/c12-9-2-1-3-10-13-14-11(16(9)10)8-15-4-6-17-7-5-15/h1-3H,4-8H2. The molecule has 0 atom stereocenters. The van der Waals surface area contributed by atoms with Gasteiger partial charge in [-0.1, -0.05) is 6.07 Å². The van der Waals surface area contributed by atoms with Crippen LogP contribution >= 0.6 is 15.9 Å². The number of fused-ring (bicyclic) bond motifs is 1. The maximum atomic E-state index is 5.34. The molecule has 2 aromatic rings. The van der Waals surface area contributed by atoms with Gasteiger partial charge in [-0.3, -0.25) is 9.30 Å². The summed E-state index contributed by atoms with van der Waals surface area (Å²) in [5.74, 6) is 0.967. The van der Waals surface area contributed by atoms with E-state index in [1.165, 1.54) is 0 Å². The molecule has 1 fully saturated rings. The molecule has 0 bridgehead atoms. The number of pyridine rings is 1. The van der Waals surface area contributed by atoms with Gasteiger partial charge >= 0.3 is 0 Å². The molecule has 90 valence electrons. The summed E-state index contributed by atoms with van der Waals surface area (Å²) in [7, 11) is 0. The normalized spacial score (nSPS) is 17.7. The highest BCUT2D eigenvalue weighted by molar-refractivity contribution is 9.10. The number of morpholine rings is 1. The Morgan fingerprint density at radius 3 is 2.88 bits per heavy atom. The molecule has 3 rings (SSSR count). The third kappa shape index (κ3) is 2.20. The van der Waals surface area contributed by atoms with Crippen LogP contribution in [-0.2, 0) is 11.3 Å². The largest absolute Gasteiger partial charge is 0.379 e. The smallest absolute Gasteiger partial charge is 0.161 e. The summed E-state index contributed by atoms with van der Waals surface area (Å²) in [6.45, 7) is 4.34. The third-order valence-corrected chi connectivity index (χ3v) is 3.54. The molecule has 0 radical (unpaired) electrons. The van der Waals surface area contributed by atoms with Gasteiger partial charge in [-0.25, -0.2) is 0 Å². The van der Waals surface area contributed by atoms with Gasteiger partial charge in [0.05, 0.1) is 24.4 Å². The Morgan fingerprint density at radius 1 is 1.24 bits per heavy atom. The van der Waals surface area contributed by atoms with E-state index in [2.05, 4.69) is 31.0 Å². The SMILES string of the molecule is Brc1cccc2nnc(CN3CCOCC3)n12. The molecule has 1 aliphatic rings. The van der Waals surface area contributed by atoms with E-state index in [9.17, 15) is 0 Å². The fourth-order valence-electron chi connectivity index (χ4n) is 2.02. The first-order valence-electron chi connectivity index (χ1n) is 5.63. The maximum Gasteiger partial charge on any atom is 0.161 e. The summed E-state index contributed by atoms with van der Waals surface area (Å²) in [6.07, 6.45) is 0. The highest BCUT2D eigenvalue weighted by Crippen LogP contribution is 2.15. The van der Waals surface area contributed by atoms with Crippen molar-refractivity contribution in [2.45, 2.75) is 6.54 Å². The molecule has 0 amide bonds. The molecule has 0 unspecified atom stereocenters. The minimum Gasteiger partial charge on any atom is -0.379 e. The molecule has 0 aromatic carbocycles. The zero-order valence-electron chi connectivity index (χ0n) is 9.34. The molecule has 0 saturated carbocycles. The second kappa shape index (κ2) is 4.72. The summed E-state index contributed by atoms with van der Waals surface area (Å²) in [5.41, 5.74) is 0.877. The minimum atomic E-state index is 0.803. The van der Waals surface area contributed by atoms with Crippen molar-refractivity contribution in [1.29, 1.82) is 0 Å². The van der Waals surface area contributed by atoms with E-state index in [1.807, 2.05) is 22.6 Å². The van der Waals surface area contributed by atoms with Gasteiger partial charge < -0.3 is 4.74 Å². The average molecular weight is 297 g/mol. The van der Waals surface area contributed by atoms with Gasteiger partial charge in [-0.2, -0.15) is 0 Å². The molecular formula is C11H13BrN4O. The first-order chi connectivity index (χ1) is 8.34. The first kappa shape index (κ1) is 11.1. The molecule has 17 heavy (non-hydrogen) atoms. The maximum absolute atomic E-state index is 5.34. The van der Waals surface area contributed by atoms with Crippen molar-refractivity contribution in [3.05, 3.63) is 28.6 Å². The molecule has 6 heteroatoms. The van der Waals surface area contributed by atoms with Crippen molar-refractivity contribution in [2.24, 2.45) is 0 Å². The molecule has 0 spiro atoms. The van der Waals surface area contributed by atoms with Crippen LogP contribution in [0.1, 0.15) is 5.82 Å². The van der Waals surface area contributed by atoms with Crippen LogP contribution in [0, 0.1) is 0 Å². The van der Waals surface area contributed by atoms with Crippen LogP contribution in [-0.4, -0.2) is 45.8 Å². The van der Waals surface area contributed by atoms with Crippen molar-refractivity contribution < 1.29 is 4.74 Å². The van der Waals surface area contributed by atoms with E-state index in [4.69, 9.17) is 4.74 Å². The van der Waals surface area contributed by atoms with Crippen molar-refractivity contribution >= 4 is 21.6 Å². The zero-order valence-corrected chi connectivity index (χ0v) is 10.9. The number of hydrogen-bond donors (Lipinski definition) is 0. The lowest BCUT2D eigenvalue weighted by Gasteiger charge is -2.25. The molecule has 3 heterocycles. The number of ether oxygens (including phenoxy) is 1. The quantitative estimate of drug-likeness (QED) is 0.784. The van der Waals surface area contributed by atoms with E-state index in [1.54, 1.807) is 0 Å². The monoisotopic (exact) mass is 296 g/mol. The number of aromatic nitrogens is 3. The van der Waals surface area contributed by atoms with Crippen molar-refractivity contribution in [3.8, 4) is 0 Å². The van der Waals surface area contributed by atoms with Gasteiger partial charge in [-0.05, 0) is 28.1 Å². The van der Waals surface area contributed by atoms with E-state index in [0.717, 1.165) is 48.9 Å². The predicted octanol–water partition coefficient (Wildman–Crippen LogP) is 1.32. The van der Waals surface area contributed by atoms with Crippen molar-refractivity contribution in [1.82, 2.24) is 19.5 Å². The molecule has 1 saturated heterocycles. The predicted molar refractivity (Wildman–Crippen MR) is 66.8 cm³/mol. The molecule has 2 aromatic heterocycles. The zero-order chi connectivity index (χ0) is 11.7. The number of rotatable bonds is 2. The number of nitrogens with zero attached hydrogens (tertiary/aromatic N) is 4. The third-order valence-electron chi connectivity index (χ3n) is 2.92. The topological polar surface area (TPSA) is 42.7 Å². The molecule has 0 N–H and O–H groups in total. The summed E-state index contributed by atoms with van der Waals surface area (Å²) >= 11 is 3.53. The second-order valence-corrected chi connectivity index (χ2v) is 4.86. The Hall–Kier alpha value is -0.980. The lowest BCUT2D eigenvalue weighted by molar-refractivity contribution is 0.0329. The Bertz CT molecular complexity index is 521. The Morgan fingerprint density at radius 2 is 2.06 bits per heavy atom. The Balaban J connectivity index is 1.89. The van der Waals surface area contributed by atoms with E-state index in [-0.39, 0.29) is 0 Å². The van der Waals surface area contributed by atoms with Crippen LogP contribution in [0.2, 0.25) is 0 Å². The average Bonchev–Trinajstić information content (AvgIpc) is 2.75. The Labute approximate surface area is 108 Å². The van der Waals surface area contributed by atoms with Crippen LogP contribution < -0.4 is 0 Å². The Kier molecular flexibility index (Phi) is 3.09. The van der Waals surface area contributed by atoms with E-state index < -0.39 is 0 Å². The summed E-state index contributed by atoms with van der Waals surface area (Å²) in [4.78, 5) is 2.33. The highest BCUT2D eigenvalue weighted by Gasteiger charge is 2.15. The molecular weight excluding hydrogens is 284 g/mol. The first-order valence-corrected chi connectivity index (χ1v) is 6.42. The van der Waals surface area contributed by atoms with Gasteiger partial charge in [-0.15, -0.1) is 10.2 Å². The fourth-order valence-corrected chi connectivity index (χ4v) is 2.56. The van der Waals surface area contributed by atoms with Gasteiger partial charge in [0.25, 0.3) is 0 Å². The number of halogens is 1. The molecule has 0 aliphatic carbocycles. The van der Waals surface area contributed by atoms with Gasteiger partial charge in [0.2, 0.25) is 0 Å². The van der Waals surface area contributed by atoms with Crippen molar-refractivity contribution in [3.63, 3.8) is 0 Å². The summed E-state index contributed by atoms with van der Waals surface area (Å²) in [5, 5.41) is 8.42. The van der Waals surface area contributed by atoms with Crippen LogP contribution in [0.5, 0.6) is 0 Å². The number of hydrogen-bond acceptors (Lipinski definition) is 4. The minimum absolute atomic E-state index is 0.803. The van der Waals surface area contributed by atoms with E-state index >= 15 is 0 Å². The van der Waals surface area contributed by atoms with Gasteiger partial charge in [0, 0.05) is 13.1 Å².